The Balaban J connectivity index is 1.26. The molecule has 0 saturated heterocycles. The van der Waals surface area contributed by atoms with Gasteiger partial charge in [-0.2, -0.15) is 0 Å². The Hall–Kier alpha value is -5.02. The average Bonchev–Trinajstić information content (AvgIpc) is 3.02. The summed E-state index contributed by atoms with van der Waals surface area (Å²) in [4.78, 5) is 48.8. The van der Waals surface area contributed by atoms with Gasteiger partial charge in [-0.25, -0.2) is 14.4 Å². The molecule has 0 aliphatic heterocycles. The maximum absolute atomic E-state index is 12.5. The van der Waals surface area contributed by atoms with Crippen LogP contribution in [0.15, 0.2) is 97.1 Å². The highest BCUT2D eigenvalue weighted by Crippen LogP contribution is 2.26. The maximum atomic E-state index is 12.5. The number of carbonyl (C=O) groups is 4. The van der Waals surface area contributed by atoms with Crippen LogP contribution in [0.1, 0.15) is 48.9 Å². The van der Waals surface area contributed by atoms with E-state index in [1.165, 1.54) is 24.3 Å². The smallest absolute Gasteiger partial charge is 0.343 e. The molecule has 0 amide bonds. The fourth-order valence-electron chi connectivity index (χ4n) is 4.34. The molecule has 1 saturated carbocycles. The molecule has 0 bridgehead atoms. The van der Waals surface area contributed by atoms with Crippen molar-refractivity contribution in [3.8, 4) is 28.4 Å². The lowest BCUT2D eigenvalue weighted by atomic mass is 9.98. The molecular weight excluding hydrogens is 552 g/mol. The minimum Gasteiger partial charge on any atom is -0.462 e. The minimum atomic E-state index is -0.761. The van der Waals surface area contributed by atoms with Crippen LogP contribution in [-0.2, 0) is 19.1 Å². The molecule has 9 nitrogen and oxygen atoms in total. The number of aliphatic hydroxyl groups is 1. The summed E-state index contributed by atoms with van der Waals surface area (Å²) in [5.74, 6) is -1.69. The zero-order valence-electron chi connectivity index (χ0n) is 23.6. The lowest BCUT2D eigenvalue weighted by molar-refractivity contribution is -0.150. The van der Waals surface area contributed by atoms with Gasteiger partial charge in [-0.15, -0.1) is 0 Å². The van der Waals surface area contributed by atoms with Crippen LogP contribution in [-0.4, -0.2) is 41.7 Å². The van der Waals surface area contributed by atoms with Crippen molar-refractivity contribution in [3.05, 3.63) is 103 Å². The van der Waals surface area contributed by atoms with Gasteiger partial charge in [-0.3, -0.25) is 4.79 Å². The van der Waals surface area contributed by atoms with Crippen molar-refractivity contribution in [2.75, 3.05) is 6.61 Å². The van der Waals surface area contributed by atoms with Gasteiger partial charge >= 0.3 is 23.9 Å². The SMILES string of the molecule is C=C(CO)C(=O)Oc1ccc(C(=O)Oc2ccc(-c3ccc(OC(=O)C(=C)CC(=O)OC4CCCCC4)cc3)cc2)cc1. The third-order valence-electron chi connectivity index (χ3n) is 6.74. The lowest BCUT2D eigenvalue weighted by Gasteiger charge is -2.21. The van der Waals surface area contributed by atoms with Crippen molar-refractivity contribution in [2.45, 2.75) is 44.6 Å². The van der Waals surface area contributed by atoms with Crippen LogP contribution in [0, 0.1) is 0 Å². The number of ether oxygens (including phenoxy) is 4. The Morgan fingerprint density at radius 2 is 1.12 bits per heavy atom. The van der Waals surface area contributed by atoms with Crippen molar-refractivity contribution in [1.29, 1.82) is 0 Å². The Labute approximate surface area is 249 Å². The monoisotopic (exact) mass is 584 g/mol. The summed E-state index contributed by atoms with van der Waals surface area (Å²) in [6, 6.07) is 19.4. The number of aliphatic hydroxyl groups excluding tert-OH is 1. The molecule has 222 valence electrons. The summed E-state index contributed by atoms with van der Waals surface area (Å²) >= 11 is 0. The van der Waals surface area contributed by atoms with Crippen molar-refractivity contribution < 1.29 is 43.2 Å². The van der Waals surface area contributed by atoms with E-state index in [4.69, 9.17) is 24.1 Å². The predicted molar refractivity (Wildman–Crippen MR) is 157 cm³/mol. The predicted octanol–water partition coefficient (Wildman–Crippen LogP) is 5.75. The highest BCUT2D eigenvalue weighted by molar-refractivity contribution is 5.94. The molecule has 1 N–H and O–H groups in total. The normalized spacial score (nSPS) is 13.0. The molecule has 9 heteroatoms. The second-order valence-corrected chi connectivity index (χ2v) is 10.0. The summed E-state index contributed by atoms with van der Waals surface area (Å²) in [6.45, 7) is 6.56. The van der Waals surface area contributed by atoms with Gasteiger partial charge in [0.1, 0.15) is 23.4 Å². The summed E-state index contributed by atoms with van der Waals surface area (Å²) in [7, 11) is 0. The number of hydrogen-bond donors (Lipinski definition) is 1. The van der Waals surface area contributed by atoms with Crippen molar-refractivity contribution >= 4 is 23.9 Å². The van der Waals surface area contributed by atoms with Crippen LogP contribution in [0.2, 0.25) is 0 Å². The molecule has 1 fully saturated rings. The maximum Gasteiger partial charge on any atom is 0.343 e. The first-order valence-corrected chi connectivity index (χ1v) is 13.8. The molecular formula is C34H32O9. The summed E-state index contributed by atoms with van der Waals surface area (Å²) in [5, 5.41) is 8.94. The first-order valence-electron chi connectivity index (χ1n) is 13.8. The van der Waals surface area contributed by atoms with E-state index < -0.39 is 30.5 Å². The van der Waals surface area contributed by atoms with Crippen molar-refractivity contribution in [2.24, 2.45) is 0 Å². The summed E-state index contributed by atoms with van der Waals surface area (Å²) in [5.41, 5.74) is 1.86. The standard InChI is InChI=1S/C34H32O9/c1-22(20-31(36)40-27-6-4-3-5-7-27)32(37)41-28-14-8-24(9-15-28)25-10-16-30(17-11-25)43-34(39)26-12-18-29(19-13-26)42-33(38)23(2)21-35/h8-19,27,35H,1-7,20-21H2. The average molecular weight is 585 g/mol. The van der Waals surface area contributed by atoms with Gasteiger partial charge in [0, 0.05) is 5.57 Å². The van der Waals surface area contributed by atoms with E-state index in [0.29, 0.717) is 11.5 Å². The molecule has 3 aromatic carbocycles. The first-order chi connectivity index (χ1) is 20.7. The number of esters is 4. The van der Waals surface area contributed by atoms with Crippen LogP contribution >= 0.6 is 0 Å². The third kappa shape index (κ3) is 8.98. The number of benzene rings is 3. The quantitative estimate of drug-likeness (QED) is 0.170. The molecule has 4 rings (SSSR count). The summed E-state index contributed by atoms with van der Waals surface area (Å²) in [6.07, 6.45) is 4.63. The van der Waals surface area contributed by atoms with E-state index in [2.05, 4.69) is 13.2 Å². The van der Waals surface area contributed by atoms with E-state index in [1.807, 2.05) is 0 Å². The van der Waals surface area contributed by atoms with Crippen molar-refractivity contribution in [1.82, 2.24) is 0 Å². The van der Waals surface area contributed by atoms with E-state index >= 15 is 0 Å². The lowest BCUT2D eigenvalue weighted by Crippen LogP contribution is -2.22. The van der Waals surface area contributed by atoms with Gasteiger partial charge < -0.3 is 24.1 Å². The highest BCUT2D eigenvalue weighted by atomic mass is 16.6. The minimum absolute atomic E-state index is 0.0266. The Morgan fingerprint density at radius 1 is 0.651 bits per heavy atom. The van der Waals surface area contributed by atoms with Crippen LogP contribution in [0.25, 0.3) is 11.1 Å². The van der Waals surface area contributed by atoms with E-state index in [0.717, 1.165) is 43.2 Å². The largest absolute Gasteiger partial charge is 0.462 e. The molecule has 0 spiro atoms. The van der Waals surface area contributed by atoms with E-state index in [1.54, 1.807) is 48.5 Å². The number of hydrogen-bond acceptors (Lipinski definition) is 9. The zero-order chi connectivity index (χ0) is 30.8. The van der Waals surface area contributed by atoms with Gasteiger partial charge in [-0.05, 0) is 85.3 Å². The zero-order valence-corrected chi connectivity index (χ0v) is 23.6. The Bertz CT molecular complexity index is 1480. The number of carbonyl (C=O) groups excluding carboxylic acids is 4. The molecule has 0 atom stereocenters. The fraction of sp³-hybridized carbons (Fsp3) is 0.235. The van der Waals surface area contributed by atoms with Crippen molar-refractivity contribution in [3.63, 3.8) is 0 Å². The van der Waals surface area contributed by atoms with Crippen LogP contribution in [0.3, 0.4) is 0 Å². The molecule has 0 radical (unpaired) electrons. The van der Waals surface area contributed by atoms with Gasteiger partial charge in [0.05, 0.1) is 24.2 Å². The molecule has 3 aromatic rings. The van der Waals surface area contributed by atoms with E-state index in [-0.39, 0.29) is 35.0 Å². The molecule has 1 aliphatic carbocycles. The van der Waals surface area contributed by atoms with Gasteiger partial charge in [0.15, 0.2) is 0 Å². The van der Waals surface area contributed by atoms with E-state index in [9.17, 15) is 19.2 Å². The Kier molecular flexibility index (Phi) is 10.6. The summed E-state index contributed by atoms with van der Waals surface area (Å²) < 4.78 is 21.3. The van der Waals surface area contributed by atoms with Crippen LogP contribution < -0.4 is 14.2 Å². The van der Waals surface area contributed by atoms with Gasteiger partial charge in [-0.1, -0.05) is 43.8 Å². The second kappa shape index (κ2) is 14.7. The molecule has 0 unspecified atom stereocenters. The van der Waals surface area contributed by atoms with Gasteiger partial charge in [0.25, 0.3) is 0 Å². The molecule has 1 aliphatic rings. The second-order valence-electron chi connectivity index (χ2n) is 10.0. The topological polar surface area (TPSA) is 125 Å². The van der Waals surface area contributed by atoms with Crippen LogP contribution in [0.4, 0.5) is 0 Å². The number of rotatable bonds is 11. The molecule has 0 aromatic heterocycles. The first kappa shape index (κ1) is 30.9. The molecule has 0 heterocycles. The molecule has 43 heavy (non-hydrogen) atoms. The fourth-order valence-corrected chi connectivity index (χ4v) is 4.34. The highest BCUT2D eigenvalue weighted by Gasteiger charge is 2.21. The third-order valence-corrected chi connectivity index (χ3v) is 6.74. The Morgan fingerprint density at radius 3 is 1.63 bits per heavy atom. The van der Waals surface area contributed by atoms with Gasteiger partial charge in [0.2, 0.25) is 0 Å². The van der Waals surface area contributed by atoms with Crippen LogP contribution in [0.5, 0.6) is 17.2 Å².